The van der Waals surface area contributed by atoms with Gasteiger partial charge in [-0.05, 0) is 19.3 Å². The Balaban J connectivity index is 1.53. The summed E-state index contributed by atoms with van der Waals surface area (Å²) in [6, 6.07) is 0. The third-order valence-electron chi connectivity index (χ3n) is 3.93. The molecule has 0 unspecified atom stereocenters. The maximum atomic E-state index is 12.2. The average molecular weight is 301 g/mol. The highest BCUT2D eigenvalue weighted by molar-refractivity contribution is 6.05. The second-order valence-electron chi connectivity index (χ2n) is 5.43. The molecular formula is C15H19N5O2. The van der Waals surface area contributed by atoms with Crippen LogP contribution in [0.3, 0.4) is 0 Å². The van der Waals surface area contributed by atoms with Crippen LogP contribution in [0.2, 0.25) is 0 Å². The van der Waals surface area contributed by atoms with Crippen molar-refractivity contribution in [2.45, 2.75) is 25.7 Å². The Kier molecular flexibility index (Phi) is 4.32. The van der Waals surface area contributed by atoms with Crippen LogP contribution in [0.5, 0.6) is 0 Å². The lowest BCUT2D eigenvalue weighted by Gasteiger charge is -2.26. The molecule has 0 bridgehead atoms. The molecule has 7 nitrogen and oxygen atoms in total. The summed E-state index contributed by atoms with van der Waals surface area (Å²) in [7, 11) is 0. The van der Waals surface area contributed by atoms with Crippen LogP contribution in [0.15, 0.2) is 18.7 Å². The molecule has 3 rings (SSSR count). The fourth-order valence-electron chi connectivity index (χ4n) is 2.73. The number of nitrogens with zero attached hydrogens (tertiary/aromatic N) is 3. The van der Waals surface area contributed by atoms with Crippen LogP contribution >= 0.6 is 0 Å². The van der Waals surface area contributed by atoms with Gasteiger partial charge in [0.25, 0.3) is 5.91 Å². The number of aromatic amines is 1. The van der Waals surface area contributed by atoms with Gasteiger partial charge in [0.15, 0.2) is 0 Å². The Labute approximate surface area is 128 Å². The summed E-state index contributed by atoms with van der Waals surface area (Å²) in [4.78, 5) is 37.0. The van der Waals surface area contributed by atoms with Crippen molar-refractivity contribution in [2.24, 2.45) is 0 Å². The Morgan fingerprint density at radius 3 is 2.91 bits per heavy atom. The Morgan fingerprint density at radius 1 is 1.27 bits per heavy atom. The normalized spacial score (nSPS) is 15.0. The highest BCUT2D eigenvalue weighted by atomic mass is 16.2. The number of aromatic nitrogens is 3. The monoisotopic (exact) mass is 301 g/mol. The van der Waals surface area contributed by atoms with Gasteiger partial charge in [0.05, 0.1) is 5.56 Å². The van der Waals surface area contributed by atoms with Crippen molar-refractivity contribution in [3.8, 4) is 0 Å². The molecule has 1 saturated heterocycles. The second-order valence-corrected chi connectivity index (χ2v) is 5.43. The number of rotatable bonds is 4. The minimum Gasteiger partial charge on any atom is -0.351 e. The summed E-state index contributed by atoms with van der Waals surface area (Å²) >= 11 is 0. The molecule has 0 spiro atoms. The van der Waals surface area contributed by atoms with E-state index >= 15 is 0 Å². The number of carbonyl (C=O) groups excluding carboxylic acids is 2. The Bertz CT molecular complexity index is 675. The van der Waals surface area contributed by atoms with Crippen LogP contribution < -0.4 is 5.32 Å². The molecule has 22 heavy (non-hydrogen) atoms. The quantitative estimate of drug-likeness (QED) is 0.884. The van der Waals surface area contributed by atoms with Gasteiger partial charge < -0.3 is 15.2 Å². The molecule has 7 heteroatoms. The molecule has 0 radical (unpaired) electrons. The number of hydrogen-bond donors (Lipinski definition) is 2. The van der Waals surface area contributed by atoms with Gasteiger partial charge in [0, 0.05) is 43.8 Å². The predicted octanol–water partition coefficient (Wildman–Crippen LogP) is 1.09. The number of amides is 2. The van der Waals surface area contributed by atoms with Gasteiger partial charge >= 0.3 is 0 Å². The molecule has 0 aromatic carbocycles. The molecular weight excluding hydrogens is 282 g/mol. The van der Waals surface area contributed by atoms with Gasteiger partial charge in [0.2, 0.25) is 5.91 Å². The number of fused-ring (bicyclic) bond motifs is 1. The summed E-state index contributed by atoms with van der Waals surface area (Å²) < 4.78 is 0. The van der Waals surface area contributed by atoms with E-state index in [1.807, 2.05) is 4.90 Å². The van der Waals surface area contributed by atoms with Crippen LogP contribution in [0.4, 0.5) is 0 Å². The number of likely N-dealkylation sites (tertiary alicyclic amines) is 1. The summed E-state index contributed by atoms with van der Waals surface area (Å²) in [5, 5.41) is 3.47. The van der Waals surface area contributed by atoms with Crippen LogP contribution in [0.25, 0.3) is 11.0 Å². The third kappa shape index (κ3) is 3.08. The van der Waals surface area contributed by atoms with Crippen LogP contribution in [-0.2, 0) is 4.79 Å². The molecule has 2 amide bonds. The van der Waals surface area contributed by atoms with E-state index in [1.54, 1.807) is 12.4 Å². The van der Waals surface area contributed by atoms with E-state index in [9.17, 15) is 9.59 Å². The number of piperidine rings is 1. The molecule has 3 heterocycles. The third-order valence-corrected chi connectivity index (χ3v) is 3.93. The zero-order valence-corrected chi connectivity index (χ0v) is 12.3. The van der Waals surface area contributed by atoms with E-state index < -0.39 is 0 Å². The Hall–Kier alpha value is -2.44. The van der Waals surface area contributed by atoms with E-state index in [1.165, 1.54) is 12.7 Å². The van der Waals surface area contributed by atoms with Crippen LogP contribution in [0.1, 0.15) is 36.0 Å². The number of nitrogens with one attached hydrogen (secondary N) is 2. The molecule has 116 valence electrons. The highest BCUT2D eigenvalue weighted by Gasteiger charge is 2.17. The van der Waals surface area contributed by atoms with Gasteiger partial charge in [-0.1, -0.05) is 0 Å². The van der Waals surface area contributed by atoms with Crippen LogP contribution in [0, 0.1) is 0 Å². The first-order chi connectivity index (χ1) is 10.8. The van der Waals surface area contributed by atoms with E-state index in [2.05, 4.69) is 20.3 Å². The standard InChI is InChI=1S/C15H19N5O2/c21-13(20-6-2-1-3-7-20)4-5-17-15(22)12-9-18-14-11(12)8-16-10-19-14/h8-10H,1-7H2,(H,17,22)(H,16,18,19). The zero-order chi connectivity index (χ0) is 15.4. The maximum absolute atomic E-state index is 12.2. The highest BCUT2D eigenvalue weighted by Crippen LogP contribution is 2.14. The SMILES string of the molecule is O=C(NCCC(=O)N1CCCCC1)c1c[nH]c2ncncc12. The number of carbonyl (C=O) groups is 2. The first kappa shape index (κ1) is 14.5. The summed E-state index contributed by atoms with van der Waals surface area (Å²) in [6.07, 6.45) is 8.33. The minimum atomic E-state index is -0.215. The molecule has 2 N–H and O–H groups in total. The fraction of sp³-hybridized carbons (Fsp3) is 0.467. The largest absolute Gasteiger partial charge is 0.351 e. The van der Waals surface area contributed by atoms with E-state index in [0.29, 0.717) is 29.6 Å². The molecule has 1 aliphatic heterocycles. The lowest BCUT2D eigenvalue weighted by atomic mass is 10.1. The molecule has 0 saturated carbocycles. The number of H-pyrrole nitrogens is 1. The summed E-state index contributed by atoms with van der Waals surface area (Å²) in [5.41, 5.74) is 1.13. The van der Waals surface area contributed by atoms with E-state index in [0.717, 1.165) is 25.9 Å². The fourth-order valence-corrected chi connectivity index (χ4v) is 2.73. The topological polar surface area (TPSA) is 91.0 Å². The van der Waals surface area contributed by atoms with E-state index in [4.69, 9.17) is 0 Å². The summed E-state index contributed by atoms with van der Waals surface area (Å²) in [5.74, 6) is -0.102. The van der Waals surface area contributed by atoms with E-state index in [-0.39, 0.29) is 11.8 Å². The Morgan fingerprint density at radius 2 is 2.09 bits per heavy atom. The van der Waals surface area contributed by atoms with Gasteiger partial charge in [-0.25, -0.2) is 9.97 Å². The van der Waals surface area contributed by atoms with Gasteiger partial charge in [-0.2, -0.15) is 0 Å². The van der Waals surface area contributed by atoms with Crippen molar-refractivity contribution < 1.29 is 9.59 Å². The van der Waals surface area contributed by atoms with Crippen LogP contribution in [-0.4, -0.2) is 51.3 Å². The molecule has 2 aromatic rings. The molecule has 1 fully saturated rings. The second kappa shape index (κ2) is 6.55. The van der Waals surface area contributed by atoms with Gasteiger partial charge in [-0.15, -0.1) is 0 Å². The minimum absolute atomic E-state index is 0.113. The maximum Gasteiger partial charge on any atom is 0.253 e. The molecule has 0 atom stereocenters. The van der Waals surface area contributed by atoms with Gasteiger partial charge in [0.1, 0.15) is 12.0 Å². The summed E-state index contributed by atoms with van der Waals surface area (Å²) in [6.45, 7) is 2.02. The van der Waals surface area contributed by atoms with Crippen molar-refractivity contribution in [3.63, 3.8) is 0 Å². The van der Waals surface area contributed by atoms with Crippen molar-refractivity contribution in [2.75, 3.05) is 19.6 Å². The van der Waals surface area contributed by atoms with Crippen molar-refractivity contribution in [1.29, 1.82) is 0 Å². The lowest BCUT2D eigenvalue weighted by Crippen LogP contribution is -2.37. The first-order valence-corrected chi connectivity index (χ1v) is 7.59. The van der Waals surface area contributed by atoms with Crippen molar-refractivity contribution in [1.82, 2.24) is 25.2 Å². The molecule has 1 aliphatic rings. The smallest absolute Gasteiger partial charge is 0.253 e. The first-order valence-electron chi connectivity index (χ1n) is 7.59. The lowest BCUT2D eigenvalue weighted by molar-refractivity contribution is -0.131. The average Bonchev–Trinajstić information content (AvgIpc) is 2.99. The van der Waals surface area contributed by atoms with Crippen molar-refractivity contribution in [3.05, 3.63) is 24.3 Å². The van der Waals surface area contributed by atoms with Crippen molar-refractivity contribution >= 4 is 22.8 Å². The number of hydrogen-bond acceptors (Lipinski definition) is 4. The zero-order valence-electron chi connectivity index (χ0n) is 12.3. The molecule has 2 aromatic heterocycles. The predicted molar refractivity (Wildman–Crippen MR) is 81.3 cm³/mol. The molecule has 0 aliphatic carbocycles. The van der Waals surface area contributed by atoms with Gasteiger partial charge in [-0.3, -0.25) is 9.59 Å².